The van der Waals surface area contributed by atoms with Crippen LogP contribution in [-0.4, -0.2) is 23.9 Å². The normalized spacial score (nSPS) is 12.0. The second kappa shape index (κ2) is 26.0. The molecule has 0 heterocycles. The number of hydrogen-bond donors (Lipinski definition) is 0. The molecule has 12 rings (SSSR count). The van der Waals surface area contributed by atoms with Crippen molar-refractivity contribution in [1.29, 1.82) is 0 Å². The Kier molecular flexibility index (Phi) is 17.1. The van der Waals surface area contributed by atoms with Crippen LogP contribution in [0.15, 0.2) is 364 Å². The van der Waals surface area contributed by atoms with E-state index in [9.17, 15) is 0 Å². The molecule has 0 aromatic heterocycles. The van der Waals surface area contributed by atoms with E-state index in [0.717, 1.165) is 0 Å². The van der Waals surface area contributed by atoms with E-state index in [-0.39, 0.29) is 0 Å². The predicted molar refractivity (Wildman–Crippen MR) is 341 cm³/mol. The van der Waals surface area contributed by atoms with E-state index in [1.54, 1.807) is 146 Å². The quantitative estimate of drug-likeness (QED) is 0.0549. The number of carbonyl (C=O) groups is 4. The van der Waals surface area contributed by atoms with Gasteiger partial charge in [-0.2, -0.15) is 0 Å². The molecule has 0 radical (unpaired) electrons. The molecule has 0 spiro atoms. The molecule has 0 fully saturated rings. The van der Waals surface area contributed by atoms with Crippen LogP contribution in [0.3, 0.4) is 0 Å². The second-order valence-electron chi connectivity index (χ2n) is 21.1. The summed E-state index contributed by atoms with van der Waals surface area (Å²) in [7, 11) is 0. The predicted octanol–water partition coefficient (Wildman–Crippen LogP) is 16.1. The summed E-state index contributed by atoms with van der Waals surface area (Å²) in [4.78, 5) is 69.8. The Morgan fingerprint density at radius 1 is 0.169 bits per heavy atom. The van der Waals surface area contributed by atoms with Crippen molar-refractivity contribution in [2.24, 2.45) is 0 Å². The minimum absolute atomic E-state index is 0.435. The molecule has 12 aromatic carbocycles. The van der Waals surface area contributed by atoms with E-state index in [2.05, 4.69) is 0 Å². The Morgan fingerprint density at radius 2 is 0.258 bits per heavy atom. The molecule has 89 heavy (non-hydrogen) atoms. The van der Waals surface area contributed by atoms with Gasteiger partial charge in [0.2, 0.25) is 0 Å². The van der Waals surface area contributed by atoms with Crippen LogP contribution >= 0.6 is 0 Å². The standard InChI is InChI=1S/4C20H16O2.Rh/c4*21-19(22)20(16-10-4-1-5-11-16,17-12-6-2-7-13-17)18-14-8-3-9-15-18;/h4*1-15H,(H,21,22);/q;;;;+4/p-4. The van der Waals surface area contributed by atoms with Crippen LogP contribution in [0.25, 0.3) is 0 Å². The summed E-state index contributed by atoms with van der Waals surface area (Å²) in [5.74, 6) is -4.35. The fourth-order valence-corrected chi connectivity index (χ4v) is 15.2. The zero-order chi connectivity index (χ0) is 61.0. The third-order valence-electron chi connectivity index (χ3n) is 16.3. The summed E-state index contributed by atoms with van der Waals surface area (Å²) in [5.41, 5.74) is -2.62. The van der Waals surface area contributed by atoms with Crippen LogP contribution in [0.4, 0.5) is 0 Å². The van der Waals surface area contributed by atoms with Gasteiger partial charge in [-0.1, -0.05) is 0 Å². The first-order valence-electron chi connectivity index (χ1n) is 29.1. The molecule has 0 saturated heterocycles. The van der Waals surface area contributed by atoms with E-state index in [1.807, 2.05) is 218 Å². The van der Waals surface area contributed by atoms with Crippen LogP contribution < -0.4 is 0 Å². The summed E-state index contributed by atoms with van der Waals surface area (Å²) in [6.07, 6.45) is 0. The molecule has 0 aliphatic carbocycles. The third kappa shape index (κ3) is 10.8. The van der Waals surface area contributed by atoms with Gasteiger partial charge in [0.05, 0.1) is 0 Å². The summed E-state index contributed by atoms with van der Waals surface area (Å²) < 4.78 is 29.5. The molecule has 0 amide bonds. The number of benzene rings is 12. The molecular formula is C80H60O8Rh. The molecule has 0 aliphatic rings. The van der Waals surface area contributed by atoms with Crippen molar-refractivity contribution in [2.45, 2.75) is 21.7 Å². The van der Waals surface area contributed by atoms with Crippen molar-refractivity contribution in [3.05, 3.63) is 431 Å². The van der Waals surface area contributed by atoms with Gasteiger partial charge in [-0.05, 0) is 0 Å². The van der Waals surface area contributed by atoms with Crippen LogP contribution in [0.5, 0.6) is 0 Å². The van der Waals surface area contributed by atoms with Gasteiger partial charge in [-0.15, -0.1) is 0 Å². The first kappa shape index (κ1) is 58.5. The van der Waals surface area contributed by atoms with Crippen molar-refractivity contribution in [3.8, 4) is 0 Å². The topological polar surface area (TPSA) is 105 Å². The van der Waals surface area contributed by atoms with Crippen molar-refractivity contribution in [3.63, 3.8) is 0 Å². The average molecular weight is 1250 g/mol. The molecule has 9 heteroatoms. The number of rotatable bonds is 20. The summed E-state index contributed by atoms with van der Waals surface area (Å²) in [6, 6.07) is 109. The van der Waals surface area contributed by atoms with Gasteiger partial charge in [0.15, 0.2) is 0 Å². The van der Waals surface area contributed by atoms with Gasteiger partial charge in [0, 0.05) is 0 Å². The van der Waals surface area contributed by atoms with Crippen molar-refractivity contribution in [1.82, 2.24) is 0 Å². The van der Waals surface area contributed by atoms with Crippen molar-refractivity contribution < 1.29 is 49.6 Å². The Labute approximate surface area is 522 Å². The molecule has 0 saturated carbocycles. The van der Waals surface area contributed by atoms with E-state index in [4.69, 9.17) is 14.3 Å². The van der Waals surface area contributed by atoms with E-state index >= 15 is 19.2 Å². The Bertz CT molecular complexity index is 3330. The fourth-order valence-electron chi connectivity index (χ4n) is 12.3. The summed E-state index contributed by atoms with van der Waals surface area (Å²) in [6.45, 7) is 0. The number of carbonyl (C=O) groups excluding carboxylic acids is 4. The molecule has 0 bridgehead atoms. The number of hydrogen-bond acceptors (Lipinski definition) is 8. The fraction of sp³-hybridized carbons (Fsp3) is 0.0500. The monoisotopic (exact) mass is 1250 g/mol. The van der Waals surface area contributed by atoms with Gasteiger partial charge in [0.1, 0.15) is 0 Å². The molecule has 12 aromatic rings. The van der Waals surface area contributed by atoms with Crippen LogP contribution in [0, 0.1) is 0 Å². The van der Waals surface area contributed by atoms with E-state index in [0.29, 0.717) is 66.8 Å². The van der Waals surface area contributed by atoms with Crippen LogP contribution in [0.1, 0.15) is 66.8 Å². The van der Waals surface area contributed by atoms with Crippen molar-refractivity contribution >= 4 is 23.9 Å². The average Bonchev–Trinajstić information content (AvgIpc) is 1.18. The molecule has 8 nitrogen and oxygen atoms in total. The van der Waals surface area contributed by atoms with E-state index < -0.39 is 61.8 Å². The SMILES string of the molecule is O=C([O][Rh]([O]C(=O)C(c1ccccc1)(c1ccccc1)c1ccccc1)([O]C(=O)C(c1ccccc1)(c1ccccc1)c1ccccc1)[O]C(=O)C(c1ccccc1)(c1ccccc1)c1ccccc1)C(c1ccccc1)(c1ccccc1)c1ccccc1. The zero-order valence-electron chi connectivity index (χ0n) is 48.2. The maximum atomic E-state index is 17.4. The summed E-state index contributed by atoms with van der Waals surface area (Å²) >= 11 is -6.88. The molecular weight excluding hydrogens is 1190 g/mol. The van der Waals surface area contributed by atoms with Gasteiger partial charge in [0.25, 0.3) is 0 Å². The maximum absolute atomic E-state index is 17.4. The van der Waals surface area contributed by atoms with Crippen molar-refractivity contribution in [2.75, 3.05) is 0 Å². The molecule has 0 N–H and O–H groups in total. The first-order valence-corrected chi connectivity index (χ1v) is 31.8. The summed E-state index contributed by atoms with van der Waals surface area (Å²) in [5, 5.41) is 0. The van der Waals surface area contributed by atoms with Gasteiger partial charge >= 0.3 is 526 Å². The Morgan fingerprint density at radius 3 is 0.348 bits per heavy atom. The molecule has 0 aliphatic heterocycles. The third-order valence-corrected chi connectivity index (χ3v) is 19.1. The molecule has 437 valence electrons. The minimum atomic E-state index is -6.88. The van der Waals surface area contributed by atoms with Gasteiger partial charge < -0.3 is 0 Å². The van der Waals surface area contributed by atoms with Gasteiger partial charge in [-0.3, -0.25) is 0 Å². The molecule has 0 atom stereocenters. The molecule has 0 unspecified atom stereocenters. The zero-order valence-corrected chi connectivity index (χ0v) is 49.9. The van der Waals surface area contributed by atoms with Gasteiger partial charge in [-0.25, -0.2) is 0 Å². The van der Waals surface area contributed by atoms with E-state index in [1.165, 1.54) is 0 Å². The Balaban J connectivity index is 1.22. The Hall–Kier alpha value is -10.9. The van der Waals surface area contributed by atoms with Crippen LogP contribution in [0.2, 0.25) is 0 Å². The first-order chi connectivity index (χ1) is 43.8. The second-order valence-corrected chi connectivity index (χ2v) is 24.1. The van der Waals surface area contributed by atoms with Crippen LogP contribution in [-0.2, 0) is 71.3 Å².